The van der Waals surface area contributed by atoms with Gasteiger partial charge in [0, 0.05) is 0 Å². The van der Waals surface area contributed by atoms with Gasteiger partial charge in [-0.3, -0.25) is 4.79 Å². The zero-order valence-corrected chi connectivity index (χ0v) is 14.3. The van der Waals surface area contributed by atoms with Gasteiger partial charge in [-0.2, -0.15) is 13.2 Å². The minimum Gasteiger partial charge on any atom is -0.309 e. The predicted octanol–water partition coefficient (Wildman–Crippen LogP) is 3.03. The Morgan fingerprint density at radius 1 is 1.09 bits per heavy atom. The molecule has 23 heavy (non-hydrogen) atoms. The van der Waals surface area contributed by atoms with Gasteiger partial charge in [-0.1, -0.05) is 6.07 Å². The molecule has 0 bridgehead atoms. The number of alkyl halides is 3. The van der Waals surface area contributed by atoms with Gasteiger partial charge in [0.05, 0.1) is 4.75 Å². The summed E-state index contributed by atoms with van der Waals surface area (Å²) in [6, 6.07) is 3.00. The zero-order chi connectivity index (χ0) is 18.3. The molecule has 0 aliphatic rings. The van der Waals surface area contributed by atoms with E-state index in [0.29, 0.717) is 0 Å². The zero-order valence-electron chi connectivity index (χ0n) is 13.4. The topological polar surface area (TPSA) is 76.1 Å². The number of nitrogens with zero attached hydrogens (tertiary/aromatic N) is 1. The van der Waals surface area contributed by atoms with Gasteiger partial charge in [0.25, 0.3) is 0 Å². The quantitative estimate of drug-likeness (QED) is 0.907. The first kappa shape index (κ1) is 19.4. The number of anilines is 1. The summed E-state index contributed by atoms with van der Waals surface area (Å²) in [5.41, 5.74) is -1.17. The van der Waals surface area contributed by atoms with Gasteiger partial charge in [0.15, 0.2) is 9.84 Å². The van der Waals surface area contributed by atoms with E-state index in [-0.39, 0.29) is 5.82 Å². The van der Waals surface area contributed by atoms with Crippen LogP contribution in [0.1, 0.15) is 40.3 Å². The molecule has 0 atom stereocenters. The lowest BCUT2D eigenvalue weighted by Gasteiger charge is -2.31. The summed E-state index contributed by atoms with van der Waals surface area (Å²) in [5, 5.41) is 2.14. The summed E-state index contributed by atoms with van der Waals surface area (Å²) in [6.45, 7) is 6.74. The van der Waals surface area contributed by atoms with Crippen LogP contribution in [0.5, 0.6) is 0 Å². The molecule has 0 aliphatic carbocycles. The molecule has 0 saturated carbocycles. The normalized spacial score (nSPS) is 13.7. The number of hydrogen-bond donors (Lipinski definition) is 1. The molecule has 5 nitrogen and oxygen atoms in total. The first-order chi connectivity index (χ1) is 10.1. The SMILES string of the molecule is CC(C)(C)S(=O)(=O)C(C)(C)C(=O)Nc1cccc(C(F)(F)F)n1. The van der Waals surface area contributed by atoms with Crippen molar-refractivity contribution in [1.82, 2.24) is 4.98 Å². The van der Waals surface area contributed by atoms with Crippen LogP contribution in [-0.4, -0.2) is 28.8 Å². The third-order valence-electron chi connectivity index (χ3n) is 3.31. The number of pyridine rings is 1. The van der Waals surface area contributed by atoms with E-state index >= 15 is 0 Å². The van der Waals surface area contributed by atoms with Crippen molar-refractivity contribution in [2.45, 2.75) is 50.3 Å². The van der Waals surface area contributed by atoms with Crippen molar-refractivity contribution in [3.05, 3.63) is 23.9 Å². The van der Waals surface area contributed by atoms with Crippen LogP contribution in [0.25, 0.3) is 0 Å². The fraction of sp³-hybridized carbons (Fsp3) is 0.571. The molecular weight excluding hydrogens is 333 g/mol. The Hall–Kier alpha value is -1.64. The molecule has 0 radical (unpaired) electrons. The Balaban J connectivity index is 3.14. The summed E-state index contributed by atoms with van der Waals surface area (Å²) in [6.07, 6.45) is -4.66. The van der Waals surface area contributed by atoms with E-state index in [1.54, 1.807) is 0 Å². The number of halogens is 3. The van der Waals surface area contributed by atoms with Crippen molar-refractivity contribution in [3.8, 4) is 0 Å². The maximum atomic E-state index is 12.6. The average Bonchev–Trinajstić information content (AvgIpc) is 2.36. The number of hydrogen-bond acceptors (Lipinski definition) is 4. The molecule has 1 amide bonds. The first-order valence-corrected chi connectivity index (χ1v) is 8.19. The van der Waals surface area contributed by atoms with Crippen molar-refractivity contribution < 1.29 is 26.4 Å². The third kappa shape index (κ3) is 3.82. The molecule has 0 aliphatic heterocycles. The van der Waals surface area contributed by atoms with E-state index in [0.717, 1.165) is 18.2 Å². The molecule has 1 heterocycles. The summed E-state index contributed by atoms with van der Waals surface area (Å²) < 4.78 is 59.8. The lowest BCUT2D eigenvalue weighted by Crippen LogP contribution is -2.51. The van der Waals surface area contributed by atoms with Gasteiger partial charge in [0.1, 0.15) is 16.3 Å². The summed E-state index contributed by atoms with van der Waals surface area (Å²) in [5.74, 6) is -1.30. The summed E-state index contributed by atoms with van der Waals surface area (Å²) in [7, 11) is -3.90. The van der Waals surface area contributed by atoms with Crippen molar-refractivity contribution in [3.63, 3.8) is 0 Å². The molecule has 1 aromatic heterocycles. The Morgan fingerprint density at radius 3 is 2.04 bits per heavy atom. The van der Waals surface area contributed by atoms with E-state index in [1.807, 2.05) is 0 Å². The van der Waals surface area contributed by atoms with Gasteiger partial charge in [-0.25, -0.2) is 13.4 Å². The first-order valence-electron chi connectivity index (χ1n) is 6.70. The number of aromatic nitrogens is 1. The standard InChI is InChI=1S/C14H19F3N2O3S/c1-12(2,3)23(21,22)13(4,5)11(20)19-10-8-6-7-9(18-10)14(15,16)17/h6-8H,1-5H3,(H,18,19,20). The number of sulfone groups is 1. The minimum absolute atomic E-state index is 0.359. The molecule has 0 saturated heterocycles. The van der Waals surface area contributed by atoms with E-state index < -0.39 is 37.1 Å². The van der Waals surface area contributed by atoms with Crippen molar-refractivity contribution >= 4 is 21.6 Å². The number of rotatable bonds is 3. The Labute approximate surface area is 133 Å². The highest BCUT2D eigenvalue weighted by atomic mass is 32.2. The summed E-state index contributed by atoms with van der Waals surface area (Å²) >= 11 is 0. The van der Waals surface area contributed by atoms with E-state index in [9.17, 15) is 26.4 Å². The Morgan fingerprint density at radius 2 is 1.61 bits per heavy atom. The molecule has 1 aromatic rings. The second-order valence-electron chi connectivity index (χ2n) is 6.49. The van der Waals surface area contributed by atoms with Crippen LogP contribution < -0.4 is 5.32 Å². The molecule has 9 heteroatoms. The highest BCUT2D eigenvalue weighted by Crippen LogP contribution is 2.31. The van der Waals surface area contributed by atoms with Crippen LogP contribution in [0.4, 0.5) is 19.0 Å². The minimum atomic E-state index is -4.66. The van der Waals surface area contributed by atoms with Gasteiger partial charge in [0.2, 0.25) is 5.91 Å². The fourth-order valence-corrected chi connectivity index (χ4v) is 3.64. The van der Waals surface area contributed by atoms with Crippen LogP contribution in [0.3, 0.4) is 0 Å². The van der Waals surface area contributed by atoms with E-state index in [2.05, 4.69) is 10.3 Å². The van der Waals surface area contributed by atoms with Crippen LogP contribution in [0.15, 0.2) is 18.2 Å². The number of carbonyl (C=O) groups excluding carboxylic acids is 1. The molecular formula is C14H19F3N2O3S. The largest absolute Gasteiger partial charge is 0.433 e. The predicted molar refractivity (Wildman–Crippen MR) is 80.6 cm³/mol. The lowest BCUT2D eigenvalue weighted by molar-refractivity contribution is -0.141. The lowest BCUT2D eigenvalue weighted by atomic mass is 10.2. The van der Waals surface area contributed by atoms with Crippen molar-refractivity contribution in [1.29, 1.82) is 0 Å². The maximum Gasteiger partial charge on any atom is 0.433 e. The highest BCUT2D eigenvalue weighted by molar-refractivity contribution is 7.94. The molecule has 0 aromatic carbocycles. The van der Waals surface area contributed by atoms with Crippen LogP contribution in [-0.2, 0) is 20.8 Å². The average molecular weight is 352 g/mol. The third-order valence-corrected chi connectivity index (χ3v) is 6.45. The molecule has 0 fully saturated rings. The number of carbonyl (C=O) groups is 1. The Bertz CT molecular complexity index is 705. The molecule has 130 valence electrons. The van der Waals surface area contributed by atoms with Gasteiger partial charge < -0.3 is 5.32 Å². The Kier molecular flexibility index (Phi) is 4.87. The number of amides is 1. The smallest absolute Gasteiger partial charge is 0.309 e. The molecule has 0 unspecified atom stereocenters. The van der Waals surface area contributed by atoms with Crippen molar-refractivity contribution in [2.24, 2.45) is 0 Å². The van der Waals surface area contributed by atoms with Crippen LogP contribution in [0.2, 0.25) is 0 Å². The van der Waals surface area contributed by atoms with Crippen LogP contribution in [0, 0.1) is 0 Å². The van der Waals surface area contributed by atoms with Crippen molar-refractivity contribution in [2.75, 3.05) is 5.32 Å². The van der Waals surface area contributed by atoms with E-state index in [1.165, 1.54) is 34.6 Å². The van der Waals surface area contributed by atoms with Gasteiger partial charge >= 0.3 is 6.18 Å². The van der Waals surface area contributed by atoms with E-state index in [4.69, 9.17) is 0 Å². The number of nitrogens with one attached hydrogen (secondary N) is 1. The van der Waals surface area contributed by atoms with Gasteiger partial charge in [-0.15, -0.1) is 0 Å². The molecule has 0 spiro atoms. The fourth-order valence-electron chi connectivity index (χ4n) is 1.82. The monoisotopic (exact) mass is 352 g/mol. The highest BCUT2D eigenvalue weighted by Gasteiger charge is 2.48. The summed E-state index contributed by atoms with van der Waals surface area (Å²) in [4.78, 5) is 15.6. The van der Waals surface area contributed by atoms with Crippen LogP contribution >= 0.6 is 0 Å². The molecule has 1 N–H and O–H groups in total. The molecule has 1 rings (SSSR count). The van der Waals surface area contributed by atoms with Gasteiger partial charge in [-0.05, 0) is 46.8 Å². The second-order valence-corrected chi connectivity index (χ2v) is 9.74. The maximum absolute atomic E-state index is 12.6. The second kappa shape index (κ2) is 5.77.